The van der Waals surface area contributed by atoms with Crippen molar-refractivity contribution in [3.63, 3.8) is 0 Å². The van der Waals surface area contributed by atoms with Crippen LogP contribution in [0.15, 0.2) is 46.2 Å². The summed E-state index contributed by atoms with van der Waals surface area (Å²) in [4.78, 5) is 12.9. The Kier molecular flexibility index (Phi) is 7.35. The van der Waals surface area contributed by atoms with Crippen molar-refractivity contribution >= 4 is 45.0 Å². The van der Waals surface area contributed by atoms with E-state index in [2.05, 4.69) is 5.32 Å². The highest BCUT2D eigenvalue weighted by atomic mass is 35.5. The van der Waals surface area contributed by atoms with Gasteiger partial charge in [0.25, 0.3) is 11.7 Å². The first-order valence-electron chi connectivity index (χ1n) is 8.93. The number of hydrogen-bond acceptors (Lipinski definition) is 5. The molecule has 11 heteroatoms. The van der Waals surface area contributed by atoms with Gasteiger partial charge in [-0.05, 0) is 36.8 Å². The number of nitrogens with zero attached hydrogens (tertiary/aromatic N) is 1. The normalized spacial score (nSPS) is 15.4. The molecule has 1 aliphatic heterocycles. The van der Waals surface area contributed by atoms with Crippen molar-refractivity contribution in [2.45, 2.75) is 22.5 Å². The molecule has 0 unspecified atom stereocenters. The van der Waals surface area contributed by atoms with E-state index in [4.69, 9.17) is 16.3 Å². The molecular formula is C19H19ClF2N2O4S2. The van der Waals surface area contributed by atoms with Gasteiger partial charge in [0.05, 0.1) is 33.7 Å². The lowest BCUT2D eigenvalue weighted by Gasteiger charge is -2.26. The van der Waals surface area contributed by atoms with Gasteiger partial charge in [-0.3, -0.25) is 4.79 Å². The molecule has 0 aliphatic carbocycles. The van der Waals surface area contributed by atoms with Gasteiger partial charge in [-0.2, -0.15) is 13.1 Å². The third-order valence-corrected chi connectivity index (χ3v) is 7.66. The molecular weight excluding hydrogens is 458 g/mol. The Morgan fingerprint density at radius 1 is 1.23 bits per heavy atom. The van der Waals surface area contributed by atoms with Gasteiger partial charge in [0, 0.05) is 18.7 Å². The monoisotopic (exact) mass is 476 g/mol. The number of amides is 1. The second kappa shape index (κ2) is 9.61. The summed E-state index contributed by atoms with van der Waals surface area (Å²) in [5.41, 5.74) is 0.787. The van der Waals surface area contributed by atoms with E-state index in [-0.39, 0.29) is 50.9 Å². The first-order valence-corrected chi connectivity index (χ1v) is 11.6. The fraction of sp³-hybridized carbons (Fsp3) is 0.316. The van der Waals surface area contributed by atoms with E-state index < -0.39 is 21.7 Å². The van der Waals surface area contributed by atoms with Crippen LogP contribution in [-0.2, 0) is 14.8 Å². The number of hydrogen-bond donors (Lipinski definition) is 1. The molecule has 1 aliphatic rings. The van der Waals surface area contributed by atoms with Crippen molar-refractivity contribution in [2.24, 2.45) is 0 Å². The van der Waals surface area contributed by atoms with Crippen molar-refractivity contribution in [2.75, 3.05) is 31.6 Å². The van der Waals surface area contributed by atoms with Crippen molar-refractivity contribution in [1.82, 2.24) is 4.31 Å². The van der Waals surface area contributed by atoms with E-state index in [1.807, 2.05) is 0 Å². The van der Waals surface area contributed by atoms with Crippen molar-refractivity contribution in [1.29, 1.82) is 0 Å². The molecule has 1 heterocycles. The number of carbonyl (C=O) groups is 1. The standard InChI is InChI=1S/C19H19ClF2N2O4S2/c1-12-5-6-13(30(26,27)24-7-9-28-10-8-24)11-14(12)18(25)23-16-4-2-3-15(20)17(16)29-19(21)22/h2-6,11,19H,7-10H2,1H3,(H,23,25). The largest absolute Gasteiger partial charge is 0.379 e. The van der Waals surface area contributed by atoms with Crippen LogP contribution in [0.5, 0.6) is 0 Å². The number of halogens is 3. The summed E-state index contributed by atoms with van der Waals surface area (Å²) in [6.07, 6.45) is 0. The smallest absolute Gasteiger partial charge is 0.289 e. The molecule has 2 aromatic carbocycles. The molecule has 2 aromatic rings. The lowest BCUT2D eigenvalue weighted by molar-refractivity contribution is 0.0730. The SMILES string of the molecule is Cc1ccc(S(=O)(=O)N2CCOCC2)cc1C(=O)Nc1cccc(Cl)c1SC(F)F. The van der Waals surface area contributed by atoms with Crippen molar-refractivity contribution < 1.29 is 26.7 Å². The number of ether oxygens (including phenoxy) is 1. The number of alkyl halides is 2. The quantitative estimate of drug-likeness (QED) is 0.631. The number of aryl methyl sites for hydroxylation is 1. The molecule has 1 amide bonds. The summed E-state index contributed by atoms with van der Waals surface area (Å²) in [7, 11) is -3.79. The number of anilines is 1. The minimum absolute atomic E-state index is 0.0200. The topological polar surface area (TPSA) is 75.7 Å². The summed E-state index contributed by atoms with van der Waals surface area (Å²) in [6.45, 7) is 2.73. The third-order valence-electron chi connectivity index (χ3n) is 4.48. The van der Waals surface area contributed by atoms with E-state index in [1.54, 1.807) is 6.92 Å². The molecule has 1 fully saturated rings. The van der Waals surface area contributed by atoms with Gasteiger partial charge >= 0.3 is 0 Å². The van der Waals surface area contributed by atoms with Crippen molar-refractivity contribution in [3.05, 3.63) is 52.5 Å². The summed E-state index contributed by atoms with van der Waals surface area (Å²) in [5.74, 6) is -3.34. The van der Waals surface area contributed by atoms with Crippen LogP contribution in [-0.4, -0.2) is 50.7 Å². The Bertz CT molecular complexity index is 1040. The van der Waals surface area contributed by atoms with E-state index in [0.717, 1.165) is 0 Å². The maximum Gasteiger partial charge on any atom is 0.289 e. The second-order valence-corrected chi connectivity index (χ2v) is 9.79. The number of sulfonamides is 1. The first kappa shape index (κ1) is 23.0. The minimum Gasteiger partial charge on any atom is -0.379 e. The second-order valence-electron chi connectivity index (χ2n) is 6.44. The Hall–Kier alpha value is -1.72. The van der Waals surface area contributed by atoms with Gasteiger partial charge in [-0.1, -0.05) is 35.5 Å². The molecule has 0 saturated carbocycles. The number of benzene rings is 2. The van der Waals surface area contributed by atoms with E-state index in [9.17, 15) is 22.0 Å². The molecule has 1 saturated heterocycles. The fourth-order valence-corrected chi connectivity index (χ4v) is 5.30. The average molecular weight is 477 g/mol. The average Bonchev–Trinajstić information content (AvgIpc) is 2.71. The number of nitrogens with one attached hydrogen (secondary N) is 1. The molecule has 0 atom stereocenters. The number of morpholine rings is 1. The highest BCUT2D eigenvalue weighted by molar-refractivity contribution is 7.99. The Labute approximate surface area is 182 Å². The van der Waals surface area contributed by atoms with Gasteiger partial charge in [0.2, 0.25) is 10.0 Å². The number of carbonyl (C=O) groups excluding carboxylic acids is 1. The highest BCUT2D eigenvalue weighted by Gasteiger charge is 2.27. The predicted molar refractivity (Wildman–Crippen MR) is 112 cm³/mol. The molecule has 0 aromatic heterocycles. The van der Waals surface area contributed by atoms with Crippen LogP contribution in [0.2, 0.25) is 5.02 Å². The van der Waals surface area contributed by atoms with Crippen LogP contribution in [0, 0.1) is 6.92 Å². The van der Waals surface area contributed by atoms with E-state index in [0.29, 0.717) is 18.8 Å². The van der Waals surface area contributed by atoms with Gasteiger partial charge in [-0.15, -0.1) is 0 Å². The first-order chi connectivity index (χ1) is 14.2. The van der Waals surface area contributed by atoms with Crippen LogP contribution in [0.1, 0.15) is 15.9 Å². The number of thioether (sulfide) groups is 1. The molecule has 0 bridgehead atoms. The molecule has 6 nitrogen and oxygen atoms in total. The van der Waals surface area contributed by atoms with Crippen LogP contribution in [0.4, 0.5) is 14.5 Å². The van der Waals surface area contributed by atoms with Crippen LogP contribution < -0.4 is 5.32 Å². The van der Waals surface area contributed by atoms with Gasteiger partial charge in [0.15, 0.2) is 0 Å². The maximum atomic E-state index is 12.9. The maximum absolute atomic E-state index is 12.9. The van der Waals surface area contributed by atoms with Crippen LogP contribution >= 0.6 is 23.4 Å². The zero-order valence-electron chi connectivity index (χ0n) is 15.9. The van der Waals surface area contributed by atoms with Crippen LogP contribution in [0.25, 0.3) is 0 Å². The lowest BCUT2D eigenvalue weighted by Crippen LogP contribution is -2.40. The third kappa shape index (κ3) is 5.12. The molecule has 0 radical (unpaired) electrons. The summed E-state index contributed by atoms with van der Waals surface area (Å²) < 4.78 is 58.0. The summed E-state index contributed by atoms with van der Waals surface area (Å²) >= 11 is 6.23. The number of rotatable bonds is 6. The zero-order chi connectivity index (χ0) is 21.9. The molecule has 162 valence electrons. The summed E-state index contributed by atoms with van der Waals surface area (Å²) in [5, 5.41) is 2.65. The Morgan fingerprint density at radius 3 is 2.60 bits per heavy atom. The lowest BCUT2D eigenvalue weighted by atomic mass is 10.1. The van der Waals surface area contributed by atoms with E-state index >= 15 is 0 Å². The van der Waals surface area contributed by atoms with Gasteiger partial charge in [-0.25, -0.2) is 8.42 Å². The predicted octanol–water partition coefficient (Wildman–Crippen LogP) is 4.24. The summed E-state index contributed by atoms with van der Waals surface area (Å²) in [6, 6.07) is 8.70. The zero-order valence-corrected chi connectivity index (χ0v) is 18.3. The molecule has 30 heavy (non-hydrogen) atoms. The molecule has 3 rings (SSSR count). The van der Waals surface area contributed by atoms with E-state index in [1.165, 1.54) is 40.7 Å². The van der Waals surface area contributed by atoms with Gasteiger partial charge < -0.3 is 10.1 Å². The Balaban J connectivity index is 1.91. The Morgan fingerprint density at radius 2 is 1.93 bits per heavy atom. The minimum atomic E-state index is -3.79. The molecule has 1 N–H and O–H groups in total. The fourth-order valence-electron chi connectivity index (χ4n) is 2.95. The van der Waals surface area contributed by atoms with Crippen molar-refractivity contribution in [3.8, 4) is 0 Å². The molecule has 0 spiro atoms. The highest BCUT2D eigenvalue weighted by Crippen LogP contribution is 2.38. The van der Waals surface area contributed by atoms with Crippen LogP contribution in [0.3, 0.4) is 0 Å². The van der Waals surface area contributed by atoms with Gasteiger partial charge in [0.1, 0.15) is 0 Å².